The number of hydrogen-bond acceptors (Lipinski definition) is 3. The van der Waals surface area contributed by atoms with E-state index in [0.717, 1.165) is 11.3 Å². The second kappa shape index (κ2) is 3.34. The number of aryl methyl sites for hydroxylation is 1. The van der Waals surface area contributed by atoms with Crippen molar-refractivity contribution in [1.82, 2.24) is 14.6 Å². The maximum Gasteiger partial charge on any atom is 0.310 e. The van der Waals surface area contributed by atoms with E-state index in [4.69, 9.17) is 5.11 Å². The van der Waals surface area contributed by atoms with Gasteiger partial charge in [-0.05, 0) is 13.8 Å². The lowest BCUT2D eigenvalue weighted by Crippen LogP contribution is -2.09. The molecule has 0 aliphatic rings. The Morgan fingerprint density at radius 1 is 1.60 bits per heavy atom. The molecule has 2 rings (SSSR count). The molecule has 0 fully saturated rings. The van der Waals surface area contributed by atoms with E-state index in [9.17, 15) is 4.79 Å². The Hall–Kier alpha value is -1.91. The molecular formula is C10H11N3O2. The smallest absolute Gasteiger partial charge is 0.310 e. The zero-order chi connectivity index (χ0) is 11.0. The molecule has 0 spiro atoms. The molecule has 0 aromatic carbocycles. The number of carboxylic acids is 1. The predicted octanol–water partition coefficient (Wildman–Crippen LogP) is 1.23. The standard InChI is InChI=1S/C10H11N3O2/c1-6-3-9-11-4-8(5-13(9)12-6)7(2)10(14)15/h3-5,7H,1-2H3,(H,14,15). The van der Waals surface area contributed by atoms with Crippen LogP contribution in [0.4, 0.5) is 0 Å². The van der Waals surface area contributed by atoms with E-state index in [1.54, 1.807) is 23.8 Å². The van der Waals surface area contributed by atoms with Gasteiger partial charge < -0.3 is 5.11 Å². The molecule has 5 heteroatoms. The molecule has 15 heavy (non-hydrogen) atoms. The summed E-state index contributed by atoms with van der Waals surface area (Å²) in [6.07, 6.45) is 3.28. The van der Waals surface area contributed by atoms with Crippen molar-refractivity contribution in [3.63, 3.8) is 0 Å². The minimum atomic E-state index is -0.861. The van der Waals surface area contributed by atoms with Crippen molar-refractivity contribution in [2.24, 2.45) is 0 Å². The molecule has 0 amide bonds. The molecule has 2 aromatic heterocycles. The summed E-state index contributed by atoms with van der Waals surface area (Å²) in [5.41, 5.74) is 2.24. The molecular weight excluding hydrogens is 194 g/mol. The highest BCUT2D eigenvalue weighted by Crippen LogP contribution is 2.14. The second-order valence-electron chi connectivity index (χ2n) is 3.54. The van der Waals surface area contributed by atoms with Crippen molar-refractivity contribution < 1.29 is 9.90 Å². The summed E-state index contributed by atoms with van der Waals surface area (Å²) in [6.45, 7) is 3.50. The molecule has 0 bridgehead atoms. The fourth-order valence-corrected chi connectivity index (χ4v) is 1.38. The summed E-state index contributed by atoms with van der Waals surface area (Å²) >= 11 is 0. The van der Waals surface area contributed by atoms with Crippen LogP contribution in [0.2, 0.25) is 0 Å². The zero-order valence-corrected chi connectivity index (χ0v) is 8.51. The lowest BCUT2D eigenvalue weighted by molar-refractivity contribution is -0.138. The van der Waals surface area contributed by atoms with Crippen molar-refractivity contribution in [1.29, 1.82) is 0 Å². The first-order valence-corrected chi connectivity index (χ1v) is 4.62. The summed E-state index contributed by atoms with van der Waals surface area (Å²) in [4.78, 5) is 14.9. The van der Waals surface area contributed by atoms with E-state index in [-0.39, 0.29) is 0 Å². The highest BCUT2D eigenvalue weighted by atomic mass is 16.4. The SMILES string of the molecule is Cc1cc2ncc(C(C)C(=O)O)cn2n1. The average Bonchev–Trinajstić information content (AvgIpc) is 2.55. The number of carbonyl (C=O) groups is 1. The number of aliphatic carboxylic acids is 1. The Morgan fingerprint density at radius 2 is 2.33 bits per heavy atom. The number of nitrogens with zero attached hydrogens (tertiary/aromatic N) is 3. The molecule has 0 saturated carbocycles. The summed E-state index contributed by atoms with van der Waals surface area (Å²) in [6, 6.07) is 1.84. The average molecular weight is 205 g/mol. The van der Waals surface area contributed by atoms with Crippen LogP contribution in [-0.4, -0.2) is 25.7 Å². The first-order chi connectivity index (χ1) is 7.08. The normalized spacial score (nSPS) is 12.9. The molecule has 5 nitrogen and oxygen atoms in total. The van der Waals surface area contributed by atoms with Crippen LogP contribution in [0.1, 0.15) is 24.1 Å². The van der Waals surface area contributed by atoms with E-state index in [0.29, 0.717) is 5.56 Å². The highest BCUT2D eigenvalue weighted by molar-refractivity contribution is 5.75. The van der Waals surface area contributed by atoms with Crippen molar-refractivity contribution in [3.8, 4) is 0 Å². The lowest BCUT2D eigenvalue weighted by atomic mass is 10.1. The van der Waals surface area contributed by atoms with Crippen LogP contribution in [-0.2, 0) is 4.79 Å². The van der Waals surface area contributed by atoms with Gasteiger partial charge in [0.05, 0.1) is 11.6 Å². The maximum absolute atomic E-state index is 10.8. The summed E-state index contributed by atoms with van der Waals surface area (Å²) < 4.78 is 1.60. The van der Waals surface area contributed by atoms with Crippen LogP contribution < -0.4 is 0 Å². The minimum Gasteiger partial charge on any atom is -0.481 e. The van der Waals surface area contributed by atoms with Gasteiger partial charge in [-0.15, -0.1) is 0 Å². The summed E-state index contributed by atoms with van der Waals surface area (Å²) in [5.74, 6) is -1.42. The van der Waals surface area contributed by atoms with Crippen LogP contribution in [0.5, 0.6) is 0 Å². The van der Waals surface area contributed by atoms with Crippen molar-refractivity contribution in [2.45, 2.75) is 19.8 Å². The zero-order valence-electron chi connectivity index (χ0n) is 8.51. The third-order valence-corrected chi connectivity index (χ3v) is 2.33. The van der Waals surface area contributed by atoms with Crippen LogP contribution in [0.15, 0.2) is 18.5 Å². The first-order valence-electron chi connectivity index (χ1n) is 4.62. The highest BCUT2D eigenvalue weighted by Gasteiger charge is 2.14. The second-order valence-corrected chi connectivity index (χ2v) is 3.54. The minimum absolute atomic E-state index is 0.564. The Kier molecular flexibility index (Phi) is 2.15. The van der Waals surface area contributed by atoms with Gasteiger partial charge in [-0.1, -0.05) is 0 Å². The van der Waals surface area contributed by atoms with Gasteiger partial charge in [0.15, 0.2) is 5.65 Å². The van der Waals surface area contributed by atoms with Crippen LogP contribution >= 0.6 is 0 Å². The molecule has 0 saturated heterocycles. The van der Waals surface area contributed by atoms with Crippen LogP contribution in [0.3, 0.4) is 0 Å². The third-order valence-electron chi connectivity index (χ3n) is 2.33. The quantitative estimate of drug-likeness (QED) is 0.800. The molecule has 0 radical (unpaired) electrons. The van der Waals surface area contributed by atoms with Gasteiger partial charge in [-0.2, -0.15) is 5.10 Å². The molecule has 2 heterocycles. The van der Waals surface area contributed by atoms with E-state index in [1.165, 1.54) is 0 Å². The van der Waals surface area contributed by atoms with Gasteiger partial charge >= 0.3 is 5.97 Å². The van der Waals surface area contributed by atoms with E-state index >= 15 is 0 Å². The van der Waals surface area contributed by atoms with Gasteiger partial charge in [0, 0.05) is 24.0 Å². The summed E-state index contributed by atoms with van der Waals surface area (Å²) in [7, 11) is 0. The Bertz CT molecular complexity index is 518. The monoisotopic (exact) mass is 205 g/mol. The molecule has 0 aliphatic heterocycles. The number of hydrogen-bond donors (Lipinski definition) is 1. The molecule has 0 aliphatic carbocycles. The van der Waals surface area contributed by atoms with Crippen LogP contribution in [0, 0.1) is 6.92 Å². The van der Waals surface area contributed by atoms with Gasteiger partial charge in [0.25, 0.3) is 0 Å². The van der Waals surface area contributed by atoms with Crippen LogP contribution in [0.25, 0.3) is 5.65 Å². The Labute approximate surface area is 86.4 Å². The largest absolute Gasteiger partial charge is 0.481 e. The Balaban J connectivity index is 2.50. The molecule has 78 valence electrons. The van der Waals surface area contributed by atoms with Gasteiger partial charge in [-0.3, -0.25) is 4.79 Å². The molecule has 1 unspecified atom stereocenters. The van der Waals surface area contributed by atoms with E-state index in [1.807, 2.05) is 13.0 Å². The molecule has 2 aromatic rings. The van der Waals surface area contributed by atoms with E-state index < -0.39 is 11.9 Å². The number of fused-ring (bicyclic) bond motifs is 1. The van der Waals surface area contributed by atoms with Crippen molar-refractivity contribution >= 4 is 11.6 Å². The van der Waals surface area contributed by atoms with Crippen molar-refractivity contribution in [3.05, 3.63) is 29.7 Å². The maximum atomic E-state index is 10.8. The van der Waals surface area contributed by atoms with Gasteiger partial charge in [-0.25, -0.2) is 9.50 Å². The fourth-order valence-electron chi connectivity index (χ4n) is 1.38. The molecule has 1 atom stereocenters. The van der Waals surface area contributed by atoms with Gasteiger partial charge in [0.2, 0.25) is 0 Å². The van der Waals surface area contributed by atoms with E-state index in [2.05, 4.69) is 10.1 Å². The lowest BCUT2D eigenvalue weighted by Gasteiger charge is -2.05. The number of aromatic nitrogens is 3. The van der Waals surface area contributed by atoms with Gasteiger partial charge in [0.1, 0.15) is 0 Å². The van der Waals surface area contributed by atoms with Crippen molar-refractivity contribution in [2.75, 3.05) is 0 Å². The summed E-state index contributed by atoms with van der Waals surface area (Å²) in [5, 5.41) is 13.0. The number of carboxylic acid groups (broad SMARTS) is 1. The third kappa shape index (κ3) is 1.68. The number of rotatable bonds is 2. The fraction of sp³-hybridized carbons (Fsp3) is 0.300. The Morgan fingerprint density at radius 3 is 3.00 bits per heavy atom. The predicted molar refractivity (Wildman–Crippen MR) is 53.8 cm³/mol. The first kappa shape index (κ1) is 9.64. The molecule has 1 N–H and O–H groups in total. The topological polar surface area (TPSA) is 67.5 Å².